The summed E-state index contributed by atoms with van der Waals surface area (Å²) in [4.78, 5) is 11.4. The fraction of sp³-hybridized carbons (Fsp3) is 0.385. The van der Waals surface area contributed by atoms with Crippen LogP contribution in [0.15, 0.2) is 24.3 Å². The van der Waals surface area contributed by atoms with Gasteiger partial charge in [0.15, 0.2) is 0 Å². The van der Waals surface area contributed by atoms with Gasteiger partial charge in [0.05, 0.1) is 13.0 Å². The molecule has 0 unspecified atom stereocenters. The van der Waals surface area contributed by atoms with Gasteiger partial charge in [-0.05, 0) is 12.0 Å². The number of carbonyl (C=O) groups is 1. The number of ether oxygens (including phenoxy) is 1. The lowest BCUT2D eigenvalue weighted by Crippen LogP contribution is -2.12. The van der Waals surface area contributed by atoms with Crippen molar-refractivity contribution in [2.75, 3.05) is 6.61 Å². The van der Waals surface area contributed by atoms with Crippen LogP contribution in [0.1, 0.15) is 30.9 Å². The second-order valence-electron chi connectivity index (χ2n) is 3.86. The second kappa shape index (κ2) is 6.68. The Balaban J connectivity index is 2.46. The third kappa shape index (κ3) is 4.68. The number of benzene rings is 1. The fourth-order valence-electron chi connectivity index (χ4n) is 1.35. The molecule has 17 heavy (non-hydrogen) atoms. The molecule has 0 aromatic heterocycles. The van der Waals surface area contributed by atoms with Gasteiger partial charge in [-0.2, -0.15) is 0 Å². The summed E-state index contributed by atoms with van der Waals surface area (Å²) in [5.74, 6) is -0.184. The number of nitrogen functional groups attached to an aromatic ring is 1. The summed E-state index contributed by atoms with van der Waals surface area (Å²) in [6.45, 7) is 2.54. The predicted octanol–water partition coefficient (Wildman–Crippen LogP) is 1.86. The van der Waals surface area contributed by atoms with Crippen LogP contribution < -0.4 is 5.73 Å². The van der Waals surface area contributed by atoms with Gasteiger partial charge in [0.2, 0.25) is 0 Å². The SMILES string of the molecule is CCCCOC(=O)Cc1ccc(C(=N)N)cc1. The van der Waals surface area contributed by atoms with Gasteiger partial charge in [0, 0.05) is 5.56 Å². The molecule has 0 aliphatic carbocycles. The van der Waals surface area contributed by atoms with E-state index >= 15 is 0 Å². The number of carbonyl (C=O) groups excluding carboxylic acids is 1. The van der Waals surface area contributed by atoms with E-state index in [-0.39, 0.29) is 18.2 Å². The molecule has 1 rings (SSSR count). The maximum absolute atomic E-state index is 11.4. The van der Waals surface area contributed by atoms with E-state index < -0.39 is 0 Å². The lowest BCUT2D eigenvalue weighted by molar-refractivity contribution is -0.142. The van der Waals surface area contributed by atoms with E-state index in [9.17, 15) is 4.79 Å². The normalized spacial score (nSPS) is 9.94. The first-order valence-corrected chi connectivity index (χ1v) is 5.72. The molecule has 0 aliphatic rings. The molecule has 0 aliphatic heterocycles. The Hall–Kier alpha value is -1.84. The molecular weight excluding hydrogens is 216 g/mol. The Morgan fingerprint density at radius 3 is 2.53 bits per heavy atom. The van der Waals surface area contributed by atoms with Crippen LogP contribution in [-0.4, -0.2) is 18.4 Å². The quantitative estimate of drug-likeness (QED) is 0.341. The number of hydrogen-bond acceptors (Lipinski definition) is 3. The van der Waals surface area contributed by atoms with Crippen molar-refractivity contribution in [3.05, 3.63) is 35.4 Å². The summed E-state index contributed by atoms with van der Waals surface area (Å²) in [7, 11) is 0. The number of unbranched alkanes of at least 4 members (excludes halogenated alkanes) is 1. The number of rotatable bonds is 6. The molecule has 0 atom stereocenters. The van der Waals surface area contributed by atoms with Crippen LogP contribution >= 0.6 is 0 Å². The number of hydrogen-bond donors (Lipinski definition) is 2. The van der Waals surface area contributed by atoms with Crippen molar-refractivity contribution in [3.8, 4) is 0 Å². The van der Waals surface area contributed by atoms with Gasteiger partial charge in [-0.15, -0.1) is 0 Å². The van der Waals surface area contributed by atoms with Gasteiger partial charge >= 0.3 is 5.97 Å². The highest BCUT2D eigenvalue weighted by molar-refractivity contribution is 5.94. The third-order valence-electron chi connectivity index (χ3n) is 2.37. The van der Waals surface area contributed by atoms with Crippen molar-refractivity contribution in [1.29, 1.82) is 5.41 Å². The molecule has 0 radical (unpaired) electrons. The Bertz CT molecular complexity index is 385. The molecule has 0 bridgehead atoms. The van der Waals surface area contributed by atoms with Crippen molar-refractivity contribution in [2.24, 2.45) is 5.73 Å². The van der Waals surface area contributed by atoms with Crippen LogP contribution in [0, 0.1) is 5.41 Å². The first-order chi connectivity index (χ1) is 8.13. The van der Waals surface area contributed by atoms with E-state index in [4.69, 9.17) is 15.9 Å². The zero-order chi connectivity index (χ0) is 12.7. The summed E-state index contributed by atoms with van der Waals surface area (Å²) >= 11 is 0. The first kappa shape index (κ1) is 13.2. The summed E-state index contributed by atoms with van der Waals surface area (Å²) in [6, 6.07) is 7.05. The standard InChI is InChI=1S/C13H18N2O2/c1-2-3-8-17-12(16)9-10-4-6-11(7-5-10)13(14)15/h4-7H,2-3,8-9H2,1H3,(H3,14,15). The maximum atomic E-state index is 11.4. The number of amidine groups is 1. The van der Waals surface area contributed by atoms with Gasteiger partial charge in [-0.25, -0.2) is 0 Å². The topological polar surface area (TPSA) is 76.2 Å². The largest absolute Gasteiger partial charge is 0.465 e. The molecule has 3 N–H and O–H groups in total. The van der Waals surface area contributed by atoms with Crippen LogP contribution in [0.2, 0.25) is 0 Å². The van der Waals surface area contributed by atoms with Crippen LogP contribution in [0.5, 0.6) is 0 Å². The summed E-state index contributed by atoms with van der Waals surface area (Å²) < 4.78 is 5.06. The van der Waals surface area contributed by atoms with Crippen molar-refractivity contribution >= 4 is 11.8 Å². The second-order valence-corrected chi connectivity index (χ2v) is 3.86. The molecular formula is C13H18N2O2. The first-order valence-electron chi connectivity index (χ1n) is 5.72. The predicted molar refractivity (Wildman–Crippen MR) is 67.0 cm³/mol. The average molecular weight is 234 g/mol. The third-order valence-corrected chi connectivity index (χ3v) is 2.37. The highest BCUT2D eigenvalue weighted by Crippen LogP contribution is 2.05. The van der Waals surface area contributed by atoms with E-state index in [0.29, 0.717) is 12.2 Å². The molecule has 1 aromatic carbocycles. The number of nitrogens with two attached hydrogens (primary N) is 1. The molecule has 4 nitrogen and oxygen atoms in total. The number of nitrogens with one attached hydrogen (secondary N) is 1. The molecule has 0 fully saturated rings. The Morgan fingerprint density at radius 2 is 2.00 bits per heavy atom. The molecule has 92 valence electrons. The van der Waals surface area contributed by atoms with E-state index in [2.05, 4.69) is 0 Å². The minimum atomic E-state index is -0.214. The fourth-order valence-corrected chi connectivity index (χ4v) is 1.35. The lowest BCUT2D eigenvalue weighted by atomic mass is 10.1. The Kier molecular flexibility index (Phi) is 5.20. The summed E-state index contributed by atoms with van der Waals surface area (Å²) in [5.41, 5.74) is 6.87. The minimum Gasteiger partial charge on any atom is -0.465 e. The Morgan fingerprint density at radius 1 is 1.35 bits per heavy atom. The monoisotopic (exact) mass is 234 g/mol. The molecule has 0 saturated heterocycles. The summed E-state index contributed by atoms with van der Waals surface area (Å²) in [6.07, 6.45) is 2.18. The zero-order valence-electron chi connectivity index (χ0n) is 10.0. The maximum Gasteiger partial charge on any atom is 0.310 e. The highest BCUT2D eigenvalue weighted by Gasteiger charge is 2.04. The van der Waals surface area contributed by atoms with Crippen molar-refractivity contribution in [1.82, 2.24) is 0 Å². The average Bonchev–Trinajstić information content (AvgIpc) is 2.30. The molecule has 4 heteroatoms. The highest BCUT2D eigenvalue weighted by atomic mass is 16.5. The van der Waals surface area contributed by atoms with E-state index in [1.54, 1.807) is 24.3 Å². The van der Waals surface area contributed by atoms with Gasteiger partial charge in [0.1, 0.15) is 5.84 Å². The van der Waals surface area contributed by atoms with Crippen LogP contribution in [-0.2, 0) is 16.0 Å². The molecule has 0 amide bonds. The molecule has 0 spiro atoms. The van der Waals surface area contributed by atoms with Crippen LogP contribution in [0.25, 0.3) is 0 Å². The van der Waals surface area contributed by atoms with E-state index in [0.717, 1.165) is 18.4 Å². The Labute approximate surface area is 101 Å². The van der Waals surface area contributed by atoms with Gasteiger partial charge in [-0.3, -0.25) is 10.2 Å². The van der Waals surface area contributed by atoms with Gasteiger partial charge < -0.3 is 10.5 Å². The van der Waals surface area contributed by atoms with E-state index in [1.165, 1.54) is 0 Å². The van der Waals surface area contributed by atoms with Crippen molar-refractivity contribution in [2.45, 2.75) is 26.2 Å². The van der Waals surface area contributed by atoms with Crippen LogP contribution in [0.4, 0.5) is 0 Å². The number of esters is 1. The van der Waals surface area contributed by atoms with Gasteiger partial charge in [0.25, 0.3) is 0 Å². The van der Waals surface area contributed by atoms with Gasteiger partial charge in [-0.1, -0.05) is 37.6 Å². The van der Waals surface area contributed by atoms with Crippen molar-refractivity contribution in [3.63, 3.8) is 0 Å². The molecule has 0 saturated carbocycles. The smallest absolute Gasteiger partial charge is 0.310 e. The van der Waals surface area contributed by atoms with E-state index in [1.807, 2.05) is 6.92 Å². The molecule has 0 heterocycles. The molecule has 1 aromatic rings. The minimum absolute atomic E-state index is 0.0297. The lowest BCUT2D eigenvalue weighted by Gasteiger charge is -2.04. The van der Waals surface area contributed by atoms with Crippen molar-refractivity contribution < 1.29 is 9.53 Å². The summed E-state index contributed by atoms with van der Waals surface area (Å²) in [5, 5.41) is 7.25. The van der Waals surface area contributed by atoms with Crippen LogP contribution in [0.3, 0.4) is 0 Å². The zero-order valence-corrected chi connectivity index (χ0v) is 10.0.